The van der Waals surface area contributed by atoms with Gasteiger partial charge in [-0.05, 0) is 23.6 Å². The summed E-state index contributed by atoms with van der Waals surface area (Å²) in [7, 11) is 0. The molecule has 0 aromatic carbocycles. The Kier molecular flexibility index (Phi) is 3.80. The minimum absolute atomic E-state index is 0.0880. The predicted octanol–water partition coefficient (Wildman–Crippen LogP) is 0.138. The molecule has 9 heteroatoms. The molecule has 0 saturated heterocycles. The van der Waals surface area contributed by atoms with E-state index in [9.17, 15) is 0 Å². The second-order valence-corrected chi connectivity index (χ2v) is 12.6. The fourth-order valence-electron chi connectivity index (χ4n) is 0.139. The number of rotatable bonds is 2. The van der Waals surface area contributed by atoms with Crippen molar-refractivity contribution in [1.29, 1.82) is 0 Å². The van der Waals surface area contributed by atoms with Gasteiger partial charge in [0.25, 0.3) is 11.4 Å². The molecule has 0 atom stereocenters. The quantitative estimate of drug-likeness (QED) is 0.498. The van der Waals surface area contributed by atoms with Gasteiger partial charge in [0.15, 0.2) is 0 Å². The summed E-state index contributed by atoms with van der Waals surface area (Å²) >= 11 is 8.21. The Labute approximate surface area is 65.8 Å². The third kappa shape index (κ3) is 9.49. The summed E-state index contributed by atoms with van der Waals surface area (Å²) in [6, 6.07) is 0. The van der Waals surface area contributed by atoms with E-state index in [1.54, 1.807) is 0 Å². The topological polar surface area (TPSA) is 80.9 Å². The summed E-state index contributed by atoms with van der Waals surface area (Å²) in [6.45, 7) is 0. The van der Waals surface area contributed by atoms with E-state index in [2.05, 4.69) is 23.6 Å². The first-order valence-electron chi connectivity index (χ1n) is 1.53. The molecule has 4 nitrogen and oxygen atoms in total. The van der Waals surface area contributed by atoms with Crippen LogP contribution < -0.4 is 0 Å². The molecule has 0 aromatic rings. The summed E-state index contributed by atoms with van der Waals surface area (Å²) in [6.07, 6.45) is 0. The second-order valence-electron chi connectivity index (χ2n) is 1.06. The van der Waals surface area contributed by atoms with Crippen LogP contribution >= 0.6 is 22.4 Å². The summed E-state index contributed by atoms with van der Waals surface area (Å²) in [5.41, 5.74) is -7.18. The van der Waals surface area contributed by atoms with Gasteiger partial charge in [-0.25, -0.2) is 0 Å². The summed E-state index contributed by atoms with van der Waals surface area (Å²) < 4.78 is 0. The molecule has 0 amide bonds. The Bertz CT molecular complexity index is 154. The summed E-state index contributed by atoms with van der Waals surface area (Å²) in [4.78, 5) is 33.8. The molecule has 9 heavy (non-hydrogen) atoms. The Morgan fingerprint density at radius 2 is 1.11 bits per heavy atom. The second kappa shape index (κ2) is 3.26. The van der Waals surface area contributed by atoms with Crippen molar-refractivity contribution in [3.8, 4) is 0 Å². The molecular weight excluding hydrogens is 222 g/mol. The van der Waals surface area contributed by atoms with Crippen molar-refractivity contribution in [2.75, 3.05) is 0 Å². The molecular formula is H4O4P2S3. The zero-order valence-electron chi connectivity index (χ0n) is 3.91. The lowest BCUT2D eigenvalue weighted by molar-refractivity contribution is 0.497. The number of hydrogen-bond donors (Lipinski definition) is 4. The van der Waals surface area contributed by atoms with Crippen LogP contribution in [-0.2, 0) is 23.6 Å². The Balaban J connectivity index is 4.07. The van der Waals surface area contributed by atoms with Crippen LogP contribution in [0, 0.1) is 0 Å². The summed E-state index contributed by atoms with van der Waals surface area (Å²) in [5, 5.41) is 0. The Morgan fingerprint density at radius 1 is 0.889 bits per heavy atom. The van der Waals surface area contributed by atoms with Crippen LogP contribution in [0.1, 0.15) is 0 Å². The van der Waals surface area contributed by atoms with Gasteiger partial charge in [-0.15, -0.1) is 0 Å². The van der Waals surface area contributed by atoms with E-state index in [4.69, 9.17) is 19.6 Å². The highest BCUT2D eigenvalue weighted by molar-refractivity contribution is 8.95. The maximum atomic E-state index is 8.44. The molecule has 0 aliphatic heterocycles. The third-order valence-corrected chi connectivity index (χ3v) is 9.34. The SMILES string of the molecule is OP(O)(=S)SP(O)(O)=S. The zero-order chi connectivity index (χ0) is 7.71. The fraction of sp³-hybridized carbons (Fsp3) is 0. The van der Waals surface area contributed by atoms with E-state index in [0.717, 1.165) is 0 Å². The first kappa shape index (κ1) is 10.5. The van der Waals surface area contributed by atoms with Gasteiger partial charge >= 0.3 is 0 Å². The predicted molar refractivity (Wildman–Crippen MR) is 45.0 cm³/mol. The standard InChI is InChI=1S/H4O4P2S3/c1-5(2,7)9-6(3,4)8/h(H2,1,2,7)(H2,3,4,8). The van der Waals surface area contributed by atoms with Gasteiger partial charge < -0.3 is 19.6 Å². The highest BCUT2D eigenvalue weighted by Crippen LogP contribution is 2.70. The van der Waals surface area contributed by atoms with Crippen LogP contribution in [0.5, 0.6) is 0 Å². The maximum absolute atomic E-state index is 8.44. The molecule has 0 aliphatic rings. The van der Waals surface area contributed by atoms with Crippen LogP contribution in [0.3, 0.4) is 0 Å². The maximum Gasteiger partial charge on any atom is 0.251 e. The zero-order valence-corrected chi connectivity index (χ0v) is 8.15. The first-order valence-corrected chi connectivity index (χ1v) is 8.97. The minimum atomic E-state index is -3.59. The highest BCUT2D eigenvalue weighted by Gasteiger charge is 2.19. The molecule has 0 aliphatic carbocycles. The average Bonchev–Trinajstić information content (AvgIpc) is 1.14. The molecule has 56 valence electrons. The normalized spacial score (nSPS) is 13.8. The molecule has 0 saturated carbocycles. The van der Waals surface area contributed by atoms with Gasteiger partial charge in [0.05, 0.1) is 0 Å². The molecule has 0 unspecified atom stereocenters. The molecule has 0 spiro atoms. The van der Waals surface area contributed by atoms with Crippen molar-refractivity contribution < 1.29 is 19.6 Å². The van der Waals surface area contributed by atoms with Crippen molar-refractivity contribution in [3.63, 3.8) is 0 Å². The lowest BCUT2D eigenvalue weighted by Gasteiger charge is -2.08. The molecule has 0 bridgehead atoms. The van der Waals surface area contributed by atoms with E-state index < -0.39 is 11.4 Å². The van der Waals surface area contributed by atoms with E-state index in [1.165, 1.54) is 0 Å². The van der Waals surface area contributed by atoms with Gasteiger partial charge in [-0.3, -0.25) is 0 Å². The monoisotopic (exact) mass is 226 g/mol. The fourth-order valence-corrected chi connectivity index (χ4v) is 9.90. The van der Waals surface area contributed by atoms with E-state index in [1.807, 2.05) is 0 Å². The molecule has 0 aromatic heterocycles. The Morgan fingerprint density at radius 3 is 1.11 bits per heavy atom. The molecule has 0 radical (unpaired) electrons. The van der Waals surface area contributed by atoms with Gasteiger partial charge in [0, 0.05) is 11.0 Å². The number of hydrogen-bond acceptors (Lipinski definition) is 3. The minimum Gasteiger partial charge on any atom is -0.337 e. The van der Waals surface area contributed by atoms with E-state index in [-0.39, 0.29) is 11.0 Å². The van der Waals surface area contributed by atoms with Crippen molar-refractivity contribution >= 4 is 46.0 Å². The lowest BCUT2D eigenvalue weighted by Crippen LogP contribution is -1.70. The van der Waals surface area contributed by atoms with Crippen molar-refractivity contribution in [3.05, 3.63) is 0 Å². The summed E-state index contributed by atoms with van der Waals surface area (Å²) in [5.74, 6) is 0. The Hall–Kier alpha value is 1.49. The van der Waals surface area contributed by atoms with Crippen molar-refractivity contribution in [1.82, 2.24) is 0 Å². The largest absolute Gasteiger partial charge is 0.337 e. The van der Waals surface area contributed by atoms with E-state index >= 15 is 0 Å². The smallest absolute Gasteiger partial charge is 0.251 e. The van der Waals surface area contributed by atoms with Crippen LogP contribution in [0.2, 0.25) is 0 Å². The van der Waals surface area contributed by atoms with Gasteiger partial charge in [-0.2, -0.15) is 0 Å². The van der Waals surface area contributed by atoms with Gasteiger partial charge in [0.1, 0.15) is 0 Å². The molecule has 0 heterocycles. The third-order valence-electron chi connectivity index (χ3n) is 0.213. The first-order chi connectivity index (χ1) is 3.71. The van der Waals surface area contributed by atoms with Crippen LogP contribution in [0.15, 0.2) is 0 Å². The van der Waals surface area contributed by atoms with Crippen molar-refractivity contribution in [2.24, 2.45) is 0 Å². The van der Waals surface area contributed by atoms with Gasteiger partial charge in [-0.1, -0.05) is 0 Å². The molecule has 0 fully saturated rings. The molecule has 4 N–H and O–H groups in total. The van der Waals surface area contributed by atoms with Crippen LogP contribution in [-0.4, -0.2) is 19.6 Å². The van der Waals surface area contributed by atoms with Crippen LogP contribution in [0.4, 0.5) is 0 Å². The van der Waals surface area contributed by atoms with E-state index in [0.29, 0.717) is 0 Å². The van der Waals surface area contributed by atoms with Gasteiger partial charge in [0.2, 0.25) is 0 Å². The highest BCUT2D eigenvalue weighted by atomic mass is 33.2. The van der Waals surface area contributed by atoms with Crippen LogP contribution in [0.25, 0.3) is 0 Å². The lowest BCUT2D eigenvalue weighted by atomic mass is 15.9. The molecule has 0 rings (SSSR count). The average molecular weight is 226 g/mol. The van der Waals surface area contributed by atoms with Crippen molar-refractivity contribution in [2.45, 2.75) is 0 Å².